The Kier molecular flexibility index (Phi) is 6.32. The Hall–Kier alpha value is -3.70. The highest BCUT2D eigenvalue weighted by Crippen LogP contribution is 2.28. The molecule has 2 heterocycles. The van der Waals surface area contributed by atoms with Gasteiger partial charge in [0.05, 0.1) is 11.8 Å². The Morgan fingerprint density at radius 3 is 2.59 bits per heavy atom. The van der Waals surface area contributed by atoms with Gasteiger partial charge < -0.3 is 15.2 Å². The zero-order valence-corrected chi connectivity index (χ0v) is 19.2. The van der Waals surface area contributed by atoms with E-state index in [4.69, 9.17) is 11.6 Å². The predicted octanol–water partition coefficient (Wildman–Crippen LogP) is 4.58. The maximum Gasteiger partial charge on any atom is 0.264 e. The highest BCUT2D eigenvalue weighted by molar-refractivity contribution is 6.32. The number of fused-ring (bicyclic) bond motifs is 1. The second kappa shape index (κ2) is 8.81. The van der Waals surface area contributed by atoms with Gasteiger partial charge in [-0.15, -0.1) is 0 Å². The van der Waals surface area contributed by atoms with E-state index in [0.717, 1.165) is 0 Å². The fourth-order valence-corrected chi connectivity index (χ4v) is 3.17. The quantitative estimate of drug-likeness (QED) is 0.334. The summed E-state index contributed by atoms with van der Waals surface area (Å²) in [5.41, 5.74) is 2.10. The number of halogens is 1. The van der Waals surface area contributed by atoms with Crippen LogP contribution in [0.25, 0.3) is 17.2 Å². The number of nitrogens with one attached hydrogen (secondary N) is 2. The molecule has 0 spiro atoms. The van der Waals surface area contributed by atoms with Gasteiger partial charge in [0.25, 0.3) is 5.91 Å². The number of hydrogen-bond donors (Lipinski definition) is 2. The molecule has 0 bridgehead atoms. The maximum atomic E-state index is 12.7. The molecule has 0 aliphatic rings. The number of carbonyl (C=O) groups is 2. The second-order valence-corrected chi connectivity index (χ2v) is 8.87. The van der Waals surface area contributed by atoms with Gasteiger partial charge in [-0.05, 0) is 23.8 Å². The van der Waals surface area contributed by atoms with Gasteiger partial charge in [0.2, 0.25) is 0 Å². The standard InChI is InChI=1S/C23H23ClN6O2/c1-23(2,3)20(31)16-11-26-21-19(16)29-18(12-27-21)28-15-7-6-13(17(24)9-15)8-14(10-25)22(32)30(4)5/h6-9,11-12H,1-5H3,(H,26,27)(H,28,29)/b14-8+. The summed E-state index contributed by atoms with van der Waals surface area (Å²) in [5, 5.41) is 12.7. The molecular weight excluding hydrogens is 428 g/mol. The highest BCUT2D eigenvalue weighted by atomic mass is 35.5. The van der Waals surface area contributed by atoms with E-state index in [9.17, 15) is 14.9 Å². The predicted molar refractivity (Wildman–Crippen MR) is 125 cm³/mol. The van der Waals surface area contributed by atoms with E-state index in [-0.39, 0.29) is 11.4 Å². The normalized spacial score (nSPS) is 11.8. The molecule has 3 rings (SSSR count). The van der Waals surface area contributed by atoms with Crippen molar-refractivity contribution in [1.82, 2.24) is 19.9 Å². The topological polar surface area (TPSA) is 115 Å². The number of nitriles is 1. The van der Waals surface area contributed by atoms with E-state index < -0.39 is 11.3 Å². The van der Waals surface area contributed by atoms with Crippen molar-refractivity contribution in [2.24, 2.45) is 5.41 Å². The van der Waals surface area contributed by atoms with Gasteiger partial charge in [-0.1, -0.05) is 38.4 Å². The molecule has 1 aromatic carbocycles. The van der Waals surface area contributed by atoms with Crippen LogP contribution in [0.5, 0.6) is 0 Å². The smallest absolute Gasteiger partial charge is 0.264 e. The lowest BCUT2D eigenvalue weighted by Crippen LogP contribution is -2.22. The van der Waals surface area contributed by atoms with Crippen molar-refractivity contribution < 1.29 is 9.59 Å². The number of nitrogens with zero attached hydrogens (tertiary/aromatic N) is 4. The van der Waals surface area contributed by atoms with Gasteiger partial charge in [0, 0.05) is 36.4 Å². The molecule has 0 atom stereocenters. The zero-order chi connectivity index (χ0) is 23.6. The summed E-state index contributed by atoms with van der Waals surface area (Å²) in [7, 11) is 3.15. The monoisotopic (exact) mass is 450 g/mol. The summed E-state index contributed by atoms with van der Waals surface area (Å²) < 4.78 is 0. The largest absolute Gasteiger partial charge is 0.344 e. The molecule has 32 heavy (non-hydrogen) atoms. The molecule has 0 unspecified atom stereocenters. The number of rotatable bonds is 5. The molecule has 0 saturated heterocycles. The van der Waals surface area contributed by atoms with E-state index in [0.29, 0.717) is 38.8 Å². The summed E-state index contributed by atoms with van der Waals surface area (Å²) in [5.74, 6) is 0.0105. The first-order valence-electron chi connectivity index (χ1n) is 9.80. The number of hydrogen-bond acceptors (Lipinski definition) is 6. The third-order valence-corrected chi connectivity index (χ3v) is 4.96. The molecule has 8 nitrogen and oxygen atoms in total. The zero-order valence-electron chi connectivity index (χ0n) is 18.4. The Labute approximate surface area is 190 Å². The van der Waals surface area contributed by atoms with E-state index in [1.807, 2.05) is 26.8 Å². The lowest BCUT2D eigenvalue weighted by molar-refractivity contribution is -0.124. The fourth-order valence-electron chi connectivity index (χ4n) is 2.94. The molecule has 0 radical (unpaired) electrons. The van der Waals surface area contributed by atoms with Gasteiger partial charge in [-0.2, -0.15) is 5.26 Å². The van der Waals surface area contributed by atoms with Crippen molar-refractivity contribution in [1.29, 1.82) is 5.26 Å². The van der Waals surface area contributed by atoms with Crippen molar-refractivity contribution in [2.45, 2.75) is 20.8 Å². The summed E-state index contributed by atoms with van der Waals surface area (Å²) >= 11 is 6.37. The van der Waals surface area contributed by atoms with E-state index in [2.05, 4.69) is 20.3 Å². The molecule has 2 N–H and O–H groups in total. The minimum absolute atomic E-state index is 0.0163. The van der Waals surface area contributed by atoms with Gasteiger partial charge in [0.1, 0.15) is 23.0 Å². The van der Waals surface area contributed by atoms with Crippen LogP contribution in [0.4, 0.5) is 11.5 Å². The van der Waals surface area contributed by atoms with Crippen LogP contribution in [0, 0.1) is 16.7 Å². The number of likely N-dealkylation sites (N-methyl/N-ethyl adjacent to an activating group) is 1. The Balaban J connectivity index is 1.90. The summed E-state index contributed by atoms with van der Waals surface area (Å²) in [6.07, 6.45) is 4.63. The van der Waals surface area contributed by atoms with E-state index in [1.165, 1.54) is 11.0 Å². The van der Waals surface area contributed by atoms with E-state index in [1.54, 1.807) is 44.7 Å². The van der Waals surface area contributed by atoms with Gasteiger partial charge in [-0.3, -0.25) is 9.59 Å². The third-order valence-electron chi connectivity index (χ3n) is 4.64. The first kappa shape index (κ1) is 23.0. The van der Waals surface area contributed by atoms with Crippen molar-refractivity contribution in [3.05, 3.63) is 52.3 Å². The van der Waals surface area contributed by atoms with E-state index >= 15 is 0 Å². The number of aromatic amines is 1. The number of benzene rings is 1. The molecule has 0 aliphatic carbocycles. The molecule has 164 valence electrons. The molecule has 2 aromatic heterocycles. The van der Waals surface area contributed by atoms with Crippen molar-refractivity contribution >= 4 is 52.0 Å². The van der Waals surface area contributed by atoms with Gasteiger partial charge in [-0.25, -0.2) is 9.97 Å². The number of amides is 1. The molecule has 0 saturated carbocycles. The third kappa shape index (κ3) is 4.79. The minimum Gasteiger partial charge on any atom is -0.344 e. The SMILES string of the molecule is CN(C)C(=O)/C(C#N)=C/c1ccc(Nc2cnc3[nH]cc(C(=O)C(C)(C)C)c3n2)cc1Cl. The number of Topliss-reactive ketones (excluding diaryl/α,β-unsaturated/α-hetero) is 1. The average Bonchev–Trinajstić information content (AvgIpc) is 3.14. The Morgan fingerprint density at radius 1 is 1.28 bits per heavy atom. The number of carbonyl (C=O) groups excluding carboxylic acids is 2. The fraction of sp³-hybridized carbons (Fsp3) is 0.261. The average molecular weight is 451 g/mol. The Bertz CT molecular complexity index is 1280. The number of anilines is 2. The van der Waals surface area contributed by atoms with Crippen LogP contribution in [-0.2, 0) is 4.79 Å². The van der Waals surface area contributed by atoms with Crippen LogP contribution in [0.1, 0.15) is 36.7 Å². The molecule has 0 aliphatic heterocycles. The Morgan fingerprint density at radius 2 is 2.00 bits per heavy atom. The summed E-state index contributed by atoms with van der Waals surface area (Å²) in [6, 6.07) is 7.00. The second-order valence-electron chi connectivity index (χ2n) is 8.46. The molecule has 9 heteroatoms. The van der Waals surface area contributed by atoms with Crippen LogP contribution in [0.15, 0.2) is 36.2 Å². The summed E-state index contributed by atoms with van der Waals surface area (Å²) in [4.78, 5) is 38.0. The highest BCUT2D eigenvalue weighted by Gasteiger charge is 2.26. The lowest BCUT2D eigenvalue weighted by Gasteiger charge is -2.15. The van der Waals surface area contributed by atoms with Crippen LogP contribution < -0.4 is 5.32 Å². The maximum absolute atomic E-state index is 12.7. The van der Waals surface area contributed by atoms with Gasteiger partial charge in [0.15, 0.2) is 11.4 Å². The van der Waals surface area contributed by atoms with Crippen molar-refractivity contribution in [2.75, 3.05) is 19.4 Å². The van der Waals surface area contributed by atoms with Crippen molar-refractivity contribution in [3.8, 4) is 6.07 Å². The lowest BCUT2D eigenvalue weighted by atomic mass is 9.87. The number of H-pyrrole nitrogens is 1. The molecule has 3 aromatic rings. The minimum atomic E-state index is -0.548. The molecular formula is C23H23ClN6O2. The molecule has 1 amide bonds. The number of ketones is 1. The van der Waals surface area contributed by atoms with Crippen LogP contribution in [0.3, 0.4) is 0 Å². The van der Waals surface area contributed by atoms with Crippen molar-refractivity contribution in [3.63, 3.8) is 0 Å². The first-order chi connectivity index (χ1) is 15.0. The van der Waals surface area contributed by atoms with Crippen LogP contribution in [0.2, 0.25) is 5.02 Å². The summed E-state index contributed by atoms with van der Waals surface area (Å²) in [6.45, 7) is 5.56. The van der Waals surface area contributed by atoms with Crippen LogP contribution >= 0.6 is 11.6 Å². The van der Waals surface area contributed by atoms with Gasteiger partial charge >= 0.3 is 0 Å². The first-order valence-corrected chi connectivity index (χ1v) is 10.2. The molecule has 0 fully saturated rings. The van der Waals surface area contributed by atoms with Crippen LogP contribution in [-0.4, -0.2) is 45.6 Å². The number of aromatic nitrogens is 3.